The molecule has 2 aliphatic rings. The lowest BCUT2D eigenvalue weighted by molar-refractivity contribution is -0.123. The van der Waals surface area contributed by atoms with Crippen molar-refractivity contribution in [3.05, 3.63) is 11.1 Å². The minimum absolute atomic E-state index is 0.0788. The lowest BCUT2D eigenvalue weighted by Crippen LogP contribution is -2.32. The number of hydrogen-bond donors (Lipinski definition) is 1. The summed E-state index contributed by atoms with van der Waals surface area (Å²) in [6, 6.07) is -0.183. The fourth-order valence-electron chi connectivity index (χ4n) is 3.05. The van der Waals surface area contributed by atoms with Crippen molar-refractivity contribution in [1.29, 1.82) is 0 Å². The third-order valence-electron chi connectivity index (χ3n) is 4.04. The van der Waals surface area contributed by atoms with Crippen LogP contribution in [0.2, 0.25) is 0 Å². The summed E-state index contributed by atoms with van der Waals surface area (Å²) in [5.74, 6) is 0.0334. The highest BCUT2D eigenvalue weighted by Gasteiger charge is 2.53. The smallest absolute Gasteiger partial charge is 0.239 e. The van der Waals surface area contributed by atoms with Gasteiger partial charge in [0.25, 0.3) is 0 Å². The predicted octanol–water partition coefficient (Wildman–Crippen LogP) is 1.70. The van der Waals surface area contributed by atoms with E-state index in [0.717, 1.165) is 18.5 Å². The van der Waals surface area contributed by atoms with Gasteiger partial charge in [0, 0.05) is 11.4 Å². The summed E-state index contributed by atoms with van der Waals surface area (Å²) in [6.07, 6.45) is 1.63. The van der Waals surface area contributed by atoms with Gasteiger partial charge in [0.15, 0.2) is 5.13 Å². The molecule has 0 bridgehead atoms. The van der Waals surface area contributed by atoms with E-state index in [0.29, 0.717) is 11.0 Å². The third kappa shape index (κ3) is 1.90. The molecular formula is C13H17N3O2S. The molecule has 0 radical (unpaired) electrons. The lowest BCUT2D eigenvalue weighted by Gasteiger charge is -2.13. The van der Waals surface area contributed by atoms with Crippen LogP contribution in [0.25, 0.3) is 0 Å². The van der Waals surface area contributed by atoms with Crippen LogP contribution in [0.4, 0.5) is 5.13 Å². The average molecular weight is 279 g/mol. The number of thiazole rings is 1. The van der Waals surface area contributed by atoms with E-state index in [1.54, 1.807) is 0 Å². The van der Waals surface area contributed by atoms with Crippen molar-refractivity contribution in [2.45, 2.75) is 32.7 Å². The van der Waals surface area contributed by atoms with Gasteiger partial charge in [-0.1, -0.05) is 6.92 Å². The molecule has 1 aromatic rings. The van der Waals surface area contributed by atoms with E-state index in [-0.39, 0.29) is 29.7 Å². The molecule has 1 aliphatic carbocycles. The van der Waals surface area contributed by atoms with E-state index in [4.69, 9.17) is 5.73 Å². The highest BCUT2D eigenvalue weighted by molar-refractivity contribution is 7.14. The maximum Gasteiger partial charge on any atom is 0.239 e. The first kappa shape index (κ1) is 12.7. The standard InChI is InChI=1S/C13H17N3O2S/c1-6-3-8-9(4-6)12(18)16(11(8)17)13-15-10(5-19-13)7(2)14/h5-9H,3-4,14H2,1-2H3. The Morgan fingerprint density at radius 2 is 1.95 bits per heavy atom. The van der Waals surface area contributed by atoms with Gasteiger partial charge < -0.3 is 5.73 Å². The maximum absolute atomic E-state index is 12.4. The molecule has 19 heavy (non-hydrogen) atoms. The van der Waals surface area contributed by atoms with Crippen LogP contribution in [0.15, 0.2) is 5.38 Å². The summed E-state index contributed by atoms with van der Waals surface area (Å²) < 4.78 is 0. The molecule has 1 aromatic heterocycles. The molecule has 0 aromatic carbocycles. The van der Waals surface area contributed by atoms with Crippen LogP contribution in [-0.2, 0) is 9.59 Å². The number of imide groups is 1. The second kappa shape index (κ2) is 4.38. The van der Waals surface area contributed by atoms with Crippen LogP contribution in [0, 0.1) is 17.8 Å². The van der Waals surface area contributed by atoms with E-state index in [2.05, 4.69) is 11.9 Å². The van der Waals surface area contributed by atoms with Crippen molar-refractivity contribution >= 4 is 28.3 Å². The molecule has 1 saturated heterocycles. The molecule has 2 heterocycles. The van der Waals surface area contributed by atoms with Gasteiger partial charge in [-0.3, -0.25) is 9.59 Å². The topological polar surface area (TPSA) is 76.3 Å². The first-order chi connectivity index (χ1) is 8.99. The van der Waals surface area contributed by atoms with Crippen molar-refractivity contribution in [3.8, 4) is 0 Å². The fraction of sp³-hybridized carbons (Fsp3) is 0.615. The van der Waals surface area contributed by atoms with Gasteiger partial charge >= 0.3 is 0 Å². The van der Waals surface area contributed by atoms with Gasteiger partial charge in [0.05, 0.1) is 17.5 Å². The maximum atomic E-state index is 12.4. The van der Waals surface area contributed by atoms with E-state index < -0.39 is 0 Å². The third-order valence-corrected chi connectivity index (χ3v) is 4.89. The number of fused-ring (bicyclic) bond motifs is 1. The van der Waals surface area contributed by atoms with Gasteiger partial charge in [-0.2, -0.15) is 0 Å². The molecule has 3 atom stereocenters. The Balaban J connectivity index is 1.90. The molecule has 102 valence electrons. The lowest BCUT2D eigenvalue weighted by atomic mass is 10.00. The van der Waals surface area contributed by atoms with Crippen LogP contribution in [0.3, 0.4) is 0 Å². The Kier molecular flexibility index (Phi) is 2.94. The number of carbonyl (C=O) groups excluding carboxylic acids is 2. The van der Waals surface area contributed by atoms with Crippen molar-refractivity contribution in [2.24, 2.45) is 23.5 Å². The largest absolute Gasteiger partial charge is 0.323 e. The zero-order valence-electron chi connectivity index (χ0n) is 11.0. The Hall–Kier alpha value is -1.27. The fourth-order valence-corrected chi connectivity index (χ4v) is 3.99. The van der Waals surface area contributed by atoms with Gasteiger partial charge in [0.2, 0.25) is 11.8 Å². The van der Waals surface area contributed by atoms with E-state index in [9.17, 15) is 9.59 Å². The van der Waals surface area contributed by atoms with Gasteiger partial charge in [-0.15, -0.1) is 11.3 Å². The highest BCUT2D eigenvalue weighted by Crippen LogP contribution is 2.44. The molecule has 2 N–H and O–H groups in total. The van der Waals surface area contributed by atoms with Crippen LogP contribution in [-0.4, -0.2) is 16.8 Å². The van der Waals surface area contributed by atoms with Crippen LogP contribution >= 0.6 is 11.3 Å². The number of nitrogens with two attached hydrogens (primary N) is 1. The Bertz CT molecular complexity index is 516. The number of aromatic nitrogens is 1. The summed E-state index contributed by atoms with van der Waals surface area (Å²) in [7, 11) is 0. The van der Waals surface area contributed by atoms with Crippen LogP contribution in [0.5, 0.6) is 0 Å². The van der Waals surface area contributed by atoms with Crippen LogP contribution in [0.1, 0.15) is 38.4 Å². The Morgan fingerprint density at radius 1 is 1.37 bits per heavy atom. The number of hydrogen-bond acceptors (Lipinski definition) is 5. The van der Waals surface area contributed by atoms with Crippen molar-refractivity contribution < 1.29 is 9.59 Å². The predicted molar refractivity (Wildman–Crippen MR) is 72.6 cm³/mol. The van der Waals surface area contributed by atoms with Crippen molar-refractivity contribution in [2.75, 3.05) is 4.90 Å². The summed E-state index contributed by atoms with van der Waals surface area (Å²) in [5.41, 5.74) is 6.49. The Morgan fingerprint density at radius 3 is 2.42 bits per heavy atom. The highest BCUT2D eigenvalue weighted by atomic mass is 32.1. The zero-order chi connectivity index (χ0) is 13.7. The van der Waals surface area contributed by atoms with Crippen LogP contribution < -0.4 is 10.6 Å². The molecule has 1 aliphatic heterocycles. The molecular weight excluding hydrogens is 262 g/mol. The molecule has 2 fully saturated rings. The average Bonchev–Trinajstić information content (AvgIpc) is 2.99. The normalized spacial score (nSPS) is 31.9. The second-order valence-corrected chi connectivity index (χ2v) is 6.48. The van der Waals surface area contributed by atoms with E-state index in [1.807, 2.05) is 12.3 Å². The zero-order valence-corrected chi connectivity index (χ0v) is 11.8. The van der Waals surface area contributed by atoms with E-state index >= 15 is 0 Å². The van der Waals surface area contributed by atoms with Crippen molar-refractivity contribution in [3.63, 3.8) is 0 Å². The quantitative estimate of drug-likeness (QED) is 0.836. The SMILES string of the molecule is CC1CC2C(=O)N(c3nc(C(C)N)cs3)C(=O)C2C1. The molecule has 1 saturated carbocycles. The molecule has 3 unspecified atom stereocenters. The Labute approximate surface area is 115 Å². The van der Waals surface area contributed by atoms with Gasteiger partial charge in [0.1, 0.15) is 0 Å². The molecule has 0 spiro atoms. The summed E-state index contributed by atoms with van der Waals surface area (Å²) in [4.78, 5) is 30.3. The number of anilines is 1. The summed E-state index contributed by atoms with van der Waals surface area (Å²) in [5, 5.41) is 2.29. The number of carbonyl (C=O) groups is 2. The molecule has 2 amide bonds. The number of amides is 2. The molecule has 6 heteroatoms. The second-order valence-electron chi connectivity index (χ2n) is 5.65. The van der Waals surface area contributed by atoms with Crippen molar-refractivity contribution in [1.82, 2.24) is 4.98 Å². The van der Waals surface area contributed by atoms with Gasteiger partial charge in [-0.25, -0.2) is 9.88 Å². The first-order valence-corrected chi connectivity index (χ1v) is 7.45. The number of nitrogens with zero attached hydrogens (tertiary/aromatic N) is 2. The monoisotopic (exact) mass is 279 g/mol. The van der Waals surface area contributed by atoms with Gasteiger partial charge in [-0.05, 0) is 25.7 Å². The number of rotatable bonds is 2. The summed E-state index contributed by atoms with van der Waals surface area (Å²) in [6.45, 7) is 3.93. The minimum Gasteiger partial charge on any atom is -0.323 e. The minimum atomic E-state index is -0.183. The first-order valence-electron chi connectivity index (χ1n) is 6.58. The molecule has 3 rings (SSSR count). The van der Waals surface area contributed by atoms with E-state index in [1.165, 1.54) is 16.2 Å². The summed E-state index contributed by atoms with van der Waals surface area (Å²) >= 11 is 1.32. The molecule has 5 nitrogen and oxygen atoms in total.